The van der Waals surface area contributed by atoms with Crippen LogP contribution in [-0.2, 0) is 4.79 Å². The number of phenolic OH excluding ortho intramolecular Hbond substituents is 2. The summed E-state index contributed by atoms with van der Waals surface area (Å²) < 4.78 is 0. The van der Waals surface area contributed by atoms with Crippen LogP contribution >= 0.6 is 0 Å². The van der Waals surface area contributed by atoms with Gasteiger partial charge in [0.05, 0.1) is 6.21 Å². The number of aromatic nitrogens is 3. The Bertz CT molecular complexity index is 887. The van der Waals surface area contributed by atoms with Gasteiger partial charge in [-0.15, -0.1) is 5.10 Å². The molecule has 1 aromatic carbocycles. The highest BCUT2D eigenvalue weighted by Crippen LogP contribution is 2.20. The first-order valence-electron chi connectivity index (χ1n) is 6.67. The number of amides is 1. The van der Waals surface area contributed by atoms with Crippen LogP contribution in [0, 0.1) is 0 Å². The number of hydrogen-bond acceptors (Lipinski definition) is 8. The van der Waals surface area contributed by atoms with E-state index in [0.29, 0.717) is 0 Å². The lowest BCUT2D eigenvalue weighted by molar-refractivity contribution is -0.121. The van der Waals surface area contributed by atoms with E-state index in [-0.39, 0.29) is 22.9 Å². The molecule has 24 heavy (non-hydrogen) atoms. The first kappa shape index (κ1) is 16.7. The summed E-state index contributed by atoms with van der Waals surface area (Å²) in [5.41, 5.74) is 0.960. The zero-order valence-electron chi connectivity index (χ0n) is 12.4. The molecule has 2 rings (SSSR count). The molecule has 1 aromatic heterocycles. The molecular weight excluding hydrogens is 320 g/mol. The van der Waals surface area contributed by atoms with Crippen LogP contribution in [0.1, 0.15) is 12.5 Å². The second-order valence-corrected chi connectivity index (χ2v) is 4.70. The summed E-state index contributed by atoms with van der Waals surface area (Å²) in [4.78, 5) is 36.1. The van der Waals surface area contributed by atoms with Crippen molar-refractivity contribution < 1.29 is 15.0 Å². The molecule has 1 heterocycles. The Morgan fingerprint density at radius 3 is 2.79 bits per heavy atom. The molecule has 0 fully saturated rings. The summed E-state index contributed by atoms with van der Waals surface area (Å²) in [7, 11) is 0. The van der Waals surface area contributed by atoms with Gasteiger partial charge in [0.25, 0.3) is 11.5 Å². The summed E-state index contributed by atoms with van der Waals surface area (Å²) in [5, 5.41) is 30.4. The number of hydrogen-bond donors (Lipinski definition) is 6. The highest BCUT2D eigenvalue weighted by Gasteiger charge is 2.14. The van der Waals surface area contributed by atoms with Gasteiger partial charge < -0.3 is 15.5 Å². The predicted molar refractivity (Wildman–Crippen MR) is 84.1 cm³/mol. The molecule has 11 heteroatoms. The van der Waals surface area contributed by atoms with E-state index in [9.17, 15) is 19.5 Å². The largest absolute Gasteiger partial charge is 0.508 e. The molecule has 1 atom stereocenters. The third-order valence-corrected chi connectivity index (χ3v) is 2.85. The monoisotopic (exact) mass is 334 g/mol. The maximum atomic E-state index is 11.9. The van der Waals surface area contributed by atoms with E-state index in [1.54, 1.807) is 0 Å². The highest BCUT2D eigenvalue weighted by atomic mass is 16.3. The normalized spacial score (nSPS) is 12.0. The average Bonchev–Trinajstić information content (AvgIpc) is 2.52. The lowest BCUT2D eigenvalue weighted by Crippen LogP contribution is -2.38. The maximum Gasteiger partial charge on any atom is 0.342 e. The van der Waals surface area contributed by atoms with Gasteiger partial charge in [0.15, 0.2) is 0 Å². The number of H-pyrrole nitrogens is 2. The number of aromatic amines is 2. The van der Waals surface area contributed by atoms with Crippen molar-refractivity contribution in [1.29, 1.82) is 0 Å². The minimum atomic E-state index is -0.880. The van der Waals surface area contributed by atoms with E-state index < -0.39 is 23.2 Å². The number of phenols is 2. The number of hydrazone groups is 1. The molecular formula is C13H14N6O5. The van der Waals surface area contributed by atoms with Crippen molar-refractivity contribution in [2.24, 2.45) is 5.10 Å². The topological polar surface area (TPSA) is 173 Å². The van der Waals surface area contributed by atoms with Gasteiger partial charge in [0, 0.05) is 11.6 Å². The SMILES string of the molecule is C[C@@H](Nc1n[nH]c(=O)[nH]c1=O)C(=O)N/N=C/c1ccc(O)cc1O. The molecule has 0 spiro atoms. The van der Waals surface area contributed by atoms with Crippen LogP contribution in [-0.4, -0.2) is 43.6 Å². The Morgan fingerprint density at radius 1 is 1.38 bits per heavy atom. The van der Waals surface area contributed by atoms with Crippen LogP contribution < -0.4 is 22.0 Å². The summed E-state index contributed by atoms with van der Waals surface area (Å²) in [6.45, 7) is 1.45. The van der Waals surface area contributed by atoms with Gasteiger partial charge in [-0.25, -0.2) is 15.3 Å². The molecule has 0 aliphatic rings. The highest BCUT2D eigenvalue weighted by molar-refractivity contribution is 5.87. The molecule has 126 valence electrons. The van der Waals surface area contributed by atoms with Crippen molar-refractivity contribution in [2.45, 2.75) is 13.0 Å². The average molecular weight is 334 g/mol. The molecule has 0 aliphatic heterocycles. The van der Waals surface area contributed by atoms with E-state index in [4.69, 9.17) is 5.11 Å². The Kier molecular flexibility index (Phi) is 4.94. The first-order chi connectivity index (χ1) is 11.4. The van der Waals surface area contributed by atoms with E-state index in [0.717, 1.165) is 6.07 Å². The fraction of sp³-hybridized carbons (Fsp3) is 0.154. The van der Waals surface area contributed by atoms with Crippen molar-refractivity contribution in [3.8, 4) is 11.5 Å². The number of nitrogens with zero attached hydrogens (tertiary/aromatic N) is 2. The van der Waals surface area contributed by atoms with Crippen molar-refractivity contribution in [3.05, 3.63) is 44.6 Å². The fourth-order valence-corrected chi connectivity index (χ4v) is 1.62. The van der Waals surface area contributed by atoms with Gasteiger partial charge in [-0.1, -0.05) is 0 Å². The molecule has 0 saturated carbocycles. The first-order valence-corrected chi connectivity index (χ1v) is 6.67. The Balaban J connectivity index is 1.97. The number of carbonyl (C=O) groups is 1. The Hall–Kier alpha value is -3.63. The second-order valence-electron chi connectivity index (χ2n) is 4.70. The van der Waals surface area contributed by atoms with Gasteiger partial charge in [-0.05, 0) is 19.1 Å². The summed E-state index contributed by atoms with van der Waals surface area (Å²) in [6.07, 6.45) is 1.18. The molecule has 2 aromatic rings. The number of anilines is 1. The third kappa shape index (κ3) is 4.19. The van der Waals surface area contributed by atoms with Crippen LogP contribution in [0.2, 0.25) is 0 Å². The lowest BCUT2D eigenvalue weighted by Gasteiger charge is -2.11. The molecule has 0 bridgehead atoms. The van der Waals surface area contributed by atoms with E-state index in [1.807, 2.05) is 10.1 Å². The van der Waals surface area contributed by atoms with Crippen molar-refractivity contribution in [2.75, 3.05) is 5.32 Å². The number of benzene rings is 1. The third-order valence-electron chi connectivity index (χ3n) is 2.85. The number of carbonyl (C=O) groups excluding carboxylic acids is 1. The zero-order chi connectivity index (χ0) is 17.7. The standard InChI is InChI=1S/C13H14N6O5/c1-6(15-10-12(23)16-13(24)19-17-10)11(22)18-14-5-7-2-3-8(20)4-9(7)21/h2-6,20-21H,1H3,(H,15,17)(H,18,22)(H2,16,19,23,24)/b14-5+/t6-/m1/s1. The van der Waals surface area contributed by atoms with E-state index in [1.165, 1.54) is 25.3 Å². The molecule has 0 radical (unpaired) electrons. The maximum absolute atomic E-state index is 11.9. The zero-order valence-corrected chi connectivity index (χ0v) is 12.4. The molecule has 6 N–H and O–H groups in total. The Morgan fingerprint density at radius 2 is 2.12 bits per heavy atom. The van der Waals surface area contributed by atoms with E-state index in [2.05, 4.69) is 20.9 Å². The summed E-state index contributed by atoms with van der Waals surface area (Å²) in [5.74, 6) is -1.12. The number of aromatic hydroxyl groups is 2. The fourth-order valence-electron chi connectivity index (χ4n) is 1.62. The molecule has 0 aliphatic carbocycles. The van der Waals surface area contributed by atoms with Gasteiger partial charge in [-0.2, -0.15) is 5.10 Å². The van der Waals surface area contributed by atoms with Crippen molar-refractivity contribution in [1.82, 2.24) is 20.6 Å². The quantitative estimate of drug-likeness (QED) is 0.295. The predicted octanol–water partition coefficient (Wildman–Crippen LogP) is -1.18. The molecule has 0 saturated heterocycles. The summed E-state index contributed by atoms with van der Waals surface area (Å²) >= 11 is 0. The van der Waals surface area contributed by atoms with Crippen molar-refractivity contribution in [3.63, 3.8) is 0 Å². The van der Waals surface area contributed by atoms with Crippen LogP contribution in [0.4, 0.5) is 5.82 Å². The smallest absolute Gasteiger partial charge is 0.342 e. The van der Waals surface area contributed by atoms with Crippen LogP contribution in [0.15, 0.2) is 32.9 Å². The van der Waals surface area contributed by atoms with Crippen LogP contribution in [0.5, 0.6) is 11.5 Å². The molecule has 11 nitrogen and oxygen atoms in total. The van der Waals surface area contributed by atoms with Gasteiger partial charge >= 0.3 is 5.69 Å². The van der Waals surface area contributed by atoms with Crippen LogP contribution in [0.3, 0.4) is 0 Å². The van der Waals surface area contributed by atoms with Crippen molar-refractivity contribution >= 4 is 17.9 Å². The van der Waals surface area contributed by atoms with Gasteiger partial charge in [0.1, 0.15) is 17.5 Å². The Labute approximate surface area is 134 Å². The number of nitrogens with one attached hydrogen (secondary N) is 4. The number of rotatable bonds is 5. The van der Waals surface area contributed by atoms with E-state index >= 15 is 0 Å². The summed E-state index contributed by atoms with van der Waals surface area (Å²) in [6, 6.07) is 3.00. The minimum absolute atomic E-state index is 0.106. The van der Waals surface area contributed by atoms with Gasteiger partial charge in [0.2, 0.25) is 5.82 Å². The molecule has 1 amide bonds. The van der Waals surface area contributed by atoms with Gasteiger partial charge in [-0.3, -0.25) is 14.6 Å². The molecule has 0 unspecified atom stereocenters. The minimum Gasteiger partial charge on any atom is -0.508 e. The second kappa shape index (κ2) is 7.09. The van der Waals surface area contributed by atoms with Crippen LogP contribution in [0.25, 0.3) is 0 Å². The lowest BCUT2D eigenvalue weighted by atomic mass is 10.2.